The van der Waals surface area contributed by atoms with Crippen molar-refractivity contribution in [3.8, 4) is 11.1 Å². The Morgan fingerprint density at radius 3 is 1.85 bits per heavy atom. The largest absolute Gasteiger partial charge is 0.416 e. The monoisotopic (exact) mass is 654 g/mol. The van der Waals surface area contributed by atoms with E-state index in [9.17, 15) is 22.8 Å². The second-order valence-electron chi connectivity index (χ2n) is 13.2. The number of amides is 3. The zero-order valence-electron chi connectivity index (χ0n) is 26.9. The maximum atomic E-state index is 13.5. The molecule has 0 aliphatic carbocycles. The van der Waals surface area contributed by atoms with Crippen molar-refractivity contribution in [3.63, 3.8) is 0 Å². The minimum atomic E-state index is -4.38. The summed E-state index contributed by atoms with van der Waals surface area (Å²) >= 11 is 6.08. The van der Waals surface area contributed by atoms with Gasteiger partial charge in [-0.3, -0.25) is 4.79 Å². The molecule has 246 valence electrons. The molecule has 2 saturated heterocycles. The van der Waals surface area contributed by atoms with E-state index in [1.807, 2.05) is 21.9 Å². The maximum absolute atomic E-state index is 13.5. The second kappa shape index (κ2) is 13.7. The number of nitrogens with zero attached hydrogens (tertiary/aromatic N) is 4. The number of urea groups is 1. The van der Waals surface area contributed by atoms with Crippen LogP contribution in [0.3, 0.4) is 0 Å². The lowest BCUT2D eigenvalue weighted by Gasteiger charge is -2.31. The average molecular weight is 655 g/mol. The molecule has 5 rings (SSSR count). The van der Waals surface area contributed by atoms with E-state index in [1.165, 1.54) is 17.7 Å². The van der Waals surface area contributed by atoms with Crippen LogP contribution in [0.15, 0.2) is 72.8 Å². The molecule has 0 unspecified atom stereocenters. The molecule has 2 atom stereocenters. The minimum Gasteiger partial charge on any atom is -0.337 e. The summed E-state index contributed by atoms with van der Waals surface area (Å²) in [5.41, 5.74) is 2.43. The summed E-state index contributed by atoms with van der Waals surface area (Å²) < 4.78 is 38.7. The van der Waals surface area contributed by atoms with Crippen LogP contribution in [0.2, 0.25) is 5.02 Å². The third kappa shape index (κ3) is 7.69. The fourth-order valence-corrected chi connectivity index (χ4v) is 6.54. The van der Waals surface area contributed by atoms with E-state index < -0.39 is 11.7 Å². The zero-order chi connectivity index (χ0) is 33.2. The van der Waals surface area contributed by atoms with Crippen LogP contribution in [0.5, 0.6) is 0 Å². The van der Waals surface area contributed by atoms with E-state index in [-0.39, 0.29) is 23.4 Å². The number of carbonyl (C=O) groups excluding carboxylic acids is 2. The lowest BCUT2D eigenvalue weighted by molar-refractivity contribution is -0.137. The molecular weight excluding hydrogens is 613 g/mol. The summed E-state index contributed by atoms with van der Waals surface area (Å²) in [6.07, 6.45) is -1.76. The third-order valence-corrected chi connectivity index (χ3v) is 10.0. The van der Waals surface area contributed by atoms with Crippen molar-refractivity contribution in [3.05, 3.63) is 94.5 Å². The second-order valence-corrected chi connectivity index (χ2v) is 13.7. The van der Waals surface area contributed by atoms with Gasteiger partial charge in [0.1, 0.15) is 0 Å². The van der Waals surface area contributed by atoms with Crippen molar-refractivity contribution in [2.45, 2.75) is 56.8 Å². The Kier molecular flexibility index (Phi) is 10.0. The van der Waals surface area contributed by atoms with Crippen LogP contribution in [0.1, 0.15) is 54.6 Å². The Morgan fingerprint density at radius 1 is 0.783 bits per heavy atom. The molecule has 3 aromatic carbocycles. The van der Waals surface area contributed by atoms with Gasteiger partial charge in [0.25, 0.3) is 5.91 Å². The van der Waals surface area contributed by atoms with Gasteiger partial charge in [-0.25, -0.2) is 4.79 Å². The highest BCUT2D eigenvalue weighted by atomic mass is 35.5. The smallest absolute Gasteiger partial charge is 0.337 e. The van der Waals surface area contributed by atoms with Crippen molar-refractivity contribution in [2.24, 2.45) is 0 Å². The molecule has 2 heterocycles. The summed E-state index contributed by atoms with van der Waals surface area (Å²) in [6.45, 7) is 7.91. The standard InChI is InChI=1S/C36H42ClF3N4O2/c1-35(2,28-13-15-30(37)16-14-28)19-22-41(3)31-17-20-43(23-31)34(46)44-21-18-32(24-44)42(4)33(45)27-7-5-25(6-8-27)26-9-11-29(12-10-26)36(38,39)40/h5-16,31-32H,17-24H2,1-4H3/t31-,32+/m1/s1. The van der Waals surface area contributed by atoms with E-state index in [0.29, 0.717) is 43.2 Å². The number of likely N-dealkylation sites (tertiary alicyclic amines) is 2. The number of hydrogen-bond acceptors (Lipinski definition) is 3. The van der Waals surface area contributed by atoms with Crippen LogP contribution in [-0.2, 0) is 11.6 Å². The Bertz CT molecular complexity index is 1510. The lowest BCUT2D eigenvalue weighted by Crippen LogP contribution is -2.45. The Morgan fingerprint density at radius 2 is 1.28 bits per heavy atom. The summed E-state index contributed by atoms with van der Waals surface area (Å²) in [5.74, 6) is -0.150. The van der Waals surface area contributed by atoms with Gasteiger partial charge in [0.05, 0.1) is 11.6 Å². The Labute approximate surface area is 274 Å². The molecular formula is C36H42ClF3N4O2. The first-order chi connectivity index (χ1) is 21.7. The molecule has 10 heteroatoms. The third-order valence-electron chi connectivity index (χ3n) is 9.75. The van der Waals surface area contributed by atoms with Gasteiger partial charge in [-0.1, -0.05) is 61.8 Å². The molecule has 6 nitrogen and oxygen atoms in total. The number of hydrogen-bond donors (Lipinski definition) is 0. The van der Waals surface area contributed by atoms with E-state index in [1.54, 1.807) is 36.2 Å². The highest BCUT2D eigenvalue weighted by Crippen LogP contribution is 2.32. The molecule has 3 aromatic rings. The number of rotatable bonds is 8. The highest BCUT2D eigenvalue weighted by Gasteiger charge is 2.37. The van der Waals surface area contributed by atoms with E-state index in [0.717, 1.165) is 48.6 Å². The first-order valence-corrected chi connectivity index (χ1v) is 16.2. The summed E-state index contributed by atoms with van der Waals surface area (Å²) in [5, 5.41) is 0.738. The molecule has 46 heavy (non-hydrogen) atoms. The van der Waals surface area contributed by atoms with Crippen LogP contribution in [0.25, 0.3) is 11.1 Å². The predicted molar refractivity (Wildman–Crippen MR) is 176 cm³/mol. The van der Waals surface area contributed by atoms with E-state index in [4.69, 9.17) is 11.6 Å². The van der Waals surface area contributed by atoms with Crippen molar-refractivity contribution >= 4 is 23.5 Å². The normalized spacial score (nSPS) is 18.8. The average Bonchev–Trinajstić information content (AvgIpc) is 3.74. The summed E-state index contributed by atoms with van der Waals surface area (Å²) in [7, 11) is 3.90. The van der Waals surface area contributed by atoms with Crippen LogP contribution < -0.4 is 0 Å². The van der Waals surface area contributed by atoms with Gasteiger partial charge in [-0.05, 0) is 91.4 Å². The van der Waals surface area contributed by atoms with Gasteiger partial charge in [0.2, 0.25) is 0 Å². The first-order valence-electron chi connectivity index (χ1n) is 15.8. The molecule has 0 spiro atoms. The minimum absolute atomic E-state index is 0.00902. The Hall–Kier alpha value is -3.56. The van der Waals surface area contributed by atoms with Gasteiger partial charge in [-0.2, -0.15) is 13.2 Å². The van der Waals surface area contributed by atoms with Crippen molar-refractivity contribution in [2.75, 3.05) is 46.8 Å². The molecule has 2 aliphatic rings. The molecule has 0 saturated carbocycles. The molecule has 0 N–H and O–H groups in total. The number of alkyl halides is 3. The van der Waals surface area contributed by atoms with Crippen LogP contribution in [-0.4, -0.2) is 90.4 Å². The molecule has 0 bridgehead atoms. The van der Waals surface area contributed by atoms with Crippen molar-refractivity contribution < 1.29 is 22.8 Å². The van der Waals surface area contributed by atoms with E-state index in [2.05, 4.69) is 37.9 Å². The van der Waals surface area contributed by atoms with Crippen molar-refractivity contribution in [1.29, 1.82) is 0 Å². The summed E-state index contributed by atoms with van der Waals surface area (Å²) in [6, 6.07) is 20.1. The fourth-order valence-electron chi connectivity index (χ4n) is 6.42. The number of halogens is 4. The van der Waals surface area contributed by atoms with Gasteiger partial charge in [-0.15, -0.1) is 0 Å². The predicted octanol–water partition coefficient (Wildman–Crippen LogP) is 7.67. The van der Waals surface area contributed by atoms with E-state index >= 15 is 0 Å². The SMILES string of the molecule is CN(CCC(C)(C)c1ccc(Cl)cc1)[C@@H]1CCN(C(=O)N2CC[C@H](N(C)C(=O)c3ccc(-c4ccc(C(F)(F)F)cc4)cc3)C2)C1. The number of carbonyl (C=O) groups is 2. The molecule has 0 aromatic heterocycles. The lowest BCUT2D eigenvalue weighted by atomic mass is 9.81. The molecule has 2 aliphatic heterocycles. The van der Waals surface area contributed by atoms with Crippen LogP contribution in [0.4, 0.5) is 18.0 Å². The van der Waals surface area contributed by atoms with Crippen molar-refractivity contribution in [1.82, 2.24) is 19.6 Å². The van der Waals surface area contributed by atoms with Gasteiger partial charge < -0.3 is 19.6 Å². The number of benzene rings is 3. The van der Waals surface area contributed by atoms with Crippen LogP contribution >= 0.6 is 11.6 Å². The van der Waals surface area contributed by atoms with Crippen LogP contribution in [0, 0.1) is 0 Å². The van der Waals surface area contributed by atoms with Gasteiger partial charge in [0.15, 0.2) is 0 Å². The summed E-state index contributed by atoms with van der Waals surface area (Å²) in [4.78, 5) is 34.6. The maximum Gasteiger partial charge on any atom is 0.416 e. The van der Waals surface area contributed by atoms with Gasteiger partial charge in [0, 0.05) is 49.9 Å². The quantitative estimate of drug-likeness (QED) is 0.251. The first kappa shape index (κ1) is 33.8. The molecule has 2 fully saturated rings. The molecule has 0 radical (unpaired) electrons. The highest BCUT2D eigenvalue weighted by molar-refractivity contribution is 6.30. The Balaban J connectivity index is 1.10. The fraction of sp³-hybridized carbons (Fsp3) is 0.444. The number of likely N-dealkylation sites (N-methyl/N-ethyl adjacent to an activating group) is 2. The molecule has 3 amide bonds. The topological polar surface area (TPSA) is 47.1 Å². The zero-order valence-corrected chi connectivity index (χ0v) is 27.6. The van der Waals surface area contributed by atoms with Gasteiger partial charge >= 0.3 is 12.2 Å².